The molecular weight excluding hydrogens is 472 g/mol. The quantitative estimate of drug-likeness (QED) is 0.496. The van der Waals surface area contributed by atoms with Gasteiger partial charge in [-0.25, -0.2) is 15.0 Å². The number of hydrogen-bond donors (Lipinski definition) is 0. The van der Waals surface area contributed by atoms with Crippen LogP contribution in [0.1, 0.15) is 48.7 Å². The number of methoxy groups -OCH3 is 1. The van der Waals surface area contributed by atoms with Gasteiger partial charge in [-0.1, -0.05) is 0 Å². The first-order valence-corrected chi connectivity index (χ1v) is 13.1. The molecule has 5 fully saturated rings. The SMILES string of the molecule is COC1CN(C(=O)C23CC(c4ncc(N5CC[C@@H](Oc6c(C)nc7nc(C)nn7c6C)C5)cn4)(C2)C3)C1. The van der Waals surface area contributed by atoms with E-state index >= 15 is 0 Å². The second kappa shape index (κ2) is 7.83. The van der Waals surface area contributed by atoms with Crippen LogP contribution in [-0.2, 0) is 14.9 Å². The molecule has 11 heteroatoms. The molecule has 1 atom stereocenters. The van der Waals surface area contributed by atoms with Crippen molar-refractivity contribution in [2.45, 2.75) is 64.1 Å². The number of fused-ring (bicyclic) bond motifs is 1. The molecule has 2 bridgehead atoms. The Hall–Kier alpha value is -3.34. The maximum absolute atomic E-state index is 12.9. The Bertz CT molecular complexity index is 1380. The van der Waals surface area contributed by atoms with Crippen LogP contribution in [0.3, 0.4) is 0 Å². The van der Waals surface area contributed by atoms with Gasteiger partial charge in [-0.2, -0.15) is 9.50 Å². The van der Waals surface area contributed by atoms with Crippen molar-refractivity contribution in [2.75, 3.05) is 38.2 Å². The summed E-state index contributed by atoms with van der Waals surface area (Å²) >= 11 is 0. The van der Waals surface area contributed by atoms with Crippen LogP contribution in [0.2, 0.25) is 0 Å². The average Bonchev–Trinajstić information content (AvgIpc) is 3.41. The van der Waals surface area contributed by atoms with Crippen LogP contribution in [0, 0.1) is 26.2 Å². The highest BCUT2D eigenvalue weighted by atomic mass is 16.5. The number of anilines is 1. The Labute approximate surface area is 215 Å². The monoisotopic (exact) mass is 504 g/mol. The summed E-state index contributed by atoms with van der Waals surface area (Å²) in [5.74, 6) is 3.24. The van der Waals surface area contributed by atoms with Crippen LogP contribution in [-0.4, -0.2) is 85.9 Å². The molecule has 37 heavy (non-hydrogen) atoms. The average molecular weight is 505 g/mol. The Kier molecular flexibility index (Phi) is 4.83. The van der Waals surface area contributed by atoms with E-state index in [-0.39, 0.29) is 23.0 Å². The van der Waals surface area contributed by atoms with Gasteiger partial charge in [0.15, 0.2) is 5.75 Å². The molecule has 2 saturated heterocycles. The summed E-state index contributed by atoms with van der Waals surface area (Å²) in [4.78, 5) is 35.6. The van der Waals surface area contributed by atoms with Gasteiger partial charge in [-0.15, -0.1) is 5.10 Å². The Balaban J connectivity index is 0.979. The zero-order valence-corrected chi connectivity index (χ0v) is 21.8. The van der Waals surface area contributed by atoms with Gasteiger partial charge < -0.3 is 19.3 Å². The number of nitrogens with zero attached hydrogens (tertiary/aromatic N) is 8. The minimum absolute atomic E-state index is 0.0171. The summed E-state index contributed by atoms with van der Waals surface area (Å²) in [6.07, 6.45) is 7.62. The van der Waals surface area contributed by atoms with Crippen LogP contribution in [0.25, 0.3) is 5.78 Å². The van der Waals surface area contributed by atoms with Gasteiger partial charge in [0.25, 0.3) is 5.78 Å². The van der Waals surface area contributed by atoms with E-state index in [1.165, 1.54) is 0 Å². The fraction of sp³-hybridized carbons (Fsp3) is 0.615. The number of carbonyl (C=O) groups is 1. The summed E-state index contributed by atoms with van der Waals surface area (Å²) in [6.45, 7) is 8.89. The molecule has 3 saturated carbocycles. The lowest BCUT2D eigenvalue weighted by atomic mass is 9.34. The molecule has 0 N–H and O–H groups in total. The third-order valence-electron chi connectivity index (χ3n) is 8.80. The number of amides is 1. The molecule has 1 amide bonds. The predicted octanol–water partition coefficient (Wildman–Crippen LogP) is 1.78. The minimum Gasteiger partial charge on any atom is -0.485 e. The van der Waals surface area contributed by atoms with Crippen LogP contribution in [0.15, 0.2) is 12.4 Å². The molecular formula is C26H32N8O3. The van der Waals surface area contributed by atoms with Gasteiger partial charge in [0.2, 0.25) is 5.91 Å². The van der Waals surface area contributed by atoms with Crippen molar-refractivity contribution < 1.29 is 14.3 Å². The second-order valence-electron chi connectivity index (χ2n) is 11.4. The van der Waals surface area contributed by atoms with E-state index in [0.717, 1.165) is 80.5 Å². The largest absolute Gasteiger partial charge is 0.485 e. The molecule has 3 aromatic heterocycles. The molecule has 0 radical (unpaired) electrons. The van der Waals surface area contributed by atoms with E-state index < -0.39 is 0 Å². The van der Waals surface area contributed by atoms with E-state index in [1.807, 2.05) is 38.1 Å². The molecule has 3 aromatic rings. The normalized spacial score (nSPS) is 28.7. The first kappa shape index (κ1) is 22.8. The summed E-state index contributed by atoms with van der Waals surface area (Å²) in [5.41, 5.74) is 2.55. The standard InChI is InChI=1S/C26H32N8O3/c1-15-21(16(2)34-24(29-15)30-17(3)31-34)37-19-5-6-32(9-19)18-7-27-22(28-8-18)25-12-26(13-25,14-25)23(35)33-10-20(11-33)36-4/h7-8,19-20H,5-6,9-14H2,1-4H3/t19-,25?,26?/m1/s1. The summed E-state index contributed by atoms with van der Waals surface area (Å²) < 4.78 is 13.5. The van der Waals surface area contributed by atoms with Crippen LogP contribution >= 0.6 is 0 Å². The Morgan fingerprint density at radius 1 is 1.03 bits per heavy atom. The van der Waals surface area contributed by atoms with Crippen LogP contribution in [0.4, 0.5) is 5.69 Å². The number of ether oxygens (including phenoxy) is 2. The third-order valence-corrected chi connectivity index (χ3v) is 8.80. The lowest BCUT2D eigenvalue weighted by Gasteiger charge is -2.69. The first-order chi connectivity index (χ1) is 17.8. The van der Waals surface area contributed by atoms with Crippen molar-refractivity contribution in [3.63, 3.8) is 0 Å². The Morgan fingerprint density at radius 3 is 2.46 bits per heavy atom. The van der Waals surface area contributed by atoms with Crippen molar-refractivity contribution in [1.29, 1.82) is 0 Å². The van der Waals surface area contributed by atoms with Crippen molar-refractivity contribution in [3.8, 4) is 5.75 Å². The molecule has 5 heterocycles. The van der Waals surface area contributed by atoms with Crippen LogP contribution in [0.5, 0.6) is 5.75 Å². The van der Waals surface area contributed by atoms with E-state index in [1.54, 1.807) is 11.6 Å². The van der Waals surface area contributed by atoms with Gasteiger partial charge >= 0.3 is 0 Å². The molecule has 0 unspecified atom stereocenters. The van der Waals surface area contributed by atoms with E-state index in [0.29, 0.717) is 17.5 Å². The summed E-state index contributed by atoms with van der Waals surface area (Å²) in [6, 6.07) is 0. The van der Waals surface area contributed by atoms with Gasteiger partial charge in [-0.05, 0) is 40.0 Å². The topological polar surface area (TPSA) is 111 Å². The predicted molar refractivity (Wildman–Crippen MR) is 134 cm³/mol. The van der Waals surface area contributed by atoms with E-state index in [9.17, 15) is 4.79 Å². The number of aromatic nitrogens is 6. The third kappa shape index (κ3) is 3.36. The zero-order chi connectivity index (χ0) is 25.5. The summed E-state index contributed by atoms with van der Waals surface area (Å²) in [5, 5.41) is 4.44. The smallest absolute Gasteiger partial charge is 0.253 e. The van der Waals surface area contributed by atoms with E-state index in [4.69, 9.17) is 19.4 Å². The molecule has 194 valence electrons. The number of hydrogen-bond acceptors (Lipinski definition) is 9. The fourth-order valence-electron chi connectivity index (χ4n) is 6.75. The molecule has 0 aromatic carbocycles. The number of carbonyl (C=O) groups excluding carboxylic acids is 1. The number of rotatable bonds is 6. The van der Waals surface area contributed by atoms with Gasteiger partial charge in [-0.3, -0.25) is 4.79 Å². The van der Waals surface area contributed by atoms with Gasteiger partial charge in [0.1, 0.15) is 17.8 Å². The highest BCUT2D eigenvalue weighted by Crippen LogP contribution is 2.73. The molecule has 8 rings (SSSR count). The van der Waals surface area contributed by atoms with Crippen molar-refractivity contribution in [2.24, 2.45) is 5.41 Å². The van der Waals surface area contributed by atoms with E-state index in [2.05, 4.69) is 20.0 Å². The number of likely N-dealkylation sites (tertiary alicyclic amines) is 1. The fourth-order valence-corrected chi connectivity index (χ4v) is 6.75. The summed E-state index contributed by atoms with van der Waals surface area (Å²) in [7, 11) is 1.71. The molecule has 0 spiro atoms. The maximum atomic E-state index is 12.9. The lowest BCUT2D eigenvalue weighted by molar-refractivity contribution is -0.198. The van der Waals surface area contributed by atoms with Gasteiger partial charge in [0, 0.05) is 38.6 Å². The minimum atomic E-state index is -0.181. The lowest BCUT2D eigenvalue weighted by Crippen LogP contribution is -2.73. The van der Waals surface area contributed by atoms with Crippen molar-refractivity contribution in [3.05, 3.63) is 35.4 Å². The highest BCUT2D eigenvalue weighted by molar-refractivity contribution is 5.88. The molecule has 3 aliphatic carbocycles. The highest BCUT2D eigenvalue weighted by Gasteiger charge is 2.74. The molecule has 2 aliphatic heterocycles. The zero-order valence-electron chi connectivity index (χ0n) is 21.8. The molecule has 11 nitrogen and oxygen atoms in total. The van der Waals surface area contributed by atoms with Crippen molar-refractivity contribution in [1.82, 2.24) is 34.4 Å². The van der Waals surface area contributed by atoms with Gasteiger partial charge in [0.05, 0.1) is 47.5 Å². The first-order valence-electron chi connectivity index (χ1n) is 13.1. The maximum Gasteiger partial charge on any atom is 0.253 e. The Morgan fingerprint density at radius 2 is 1.76 bits per heavy atom. The van der Waals surface area contributed by atoms with Crippen LogP contribution < -0.4 is 9.64 Å². The second-order valence-corrected chi connectivity index (χ2v) is 11.4. The molecule has 5 aliphatic rings. The van der Waals surface area contributed by atoms with Crippen molar-refractivity contribution >= 4 is 17.4 Å². The number of aryl methyl sites for hydroxylation is 3.